The van der Waals surface area contributed by atoms with Gasteiger partial charge in [-0.15, -0.1) is 0 Å². The van der Waals surface area contributed by atoms with Crippen molar-refractivity contribution in [2.75, 3.05) is 26.3 Å². The van der Waals surface area contributed by atoms with Crippen molar-refractivity contribution in [2.24, 2.45) is 17.3 Å². The maximum atomic E-state index is 14.5. The molecule has 5 atom stereocenters. The van der Waals surface area contributed by atoms with Crippen molar-refractivity contribution < 1.29 is 29.0 Å². The van der Waals surface area contributed by atoms with Crippen LogP contribution >= 0.6 is 0 Å². The molecule has 0 aromatic rings. The molecule has 4 rings (SSSR count). The van der Waals surface area contributed by atoms with E-state index in [4.69, 9.17) is 9.47 Å². The number of hydrogen-bond donors (Lipinski definition) is 1. The van der Waals surface area contributed by atoms with E-state index in [1.807, 2.05) is 36.1 Å². The lowest BCUT2D eigenvalue weighted by atomic mass is 9.73. The molecule has 0 saturated carbocycles. The molecular formula is C29H44N2O6. The molecule has 8 heteroatoms. The second-order valence-electron chi connectivity index (χ2n) is 12.8. The first-order chi connectivity index (χ1) is 17.3. The van der Waals surface area contributed by atoms with Gasteiger partial charge in [0.25, 0.3) is 0 Å². The highest BCUT2D eigenvalue weighted by atomic mass is 16.6. The van der Waals surface area contributed by atoms with Crippen LogP contribution in [-0.4, -0.2) is 81.8 Å². The minimum absolute atomic E-state index is 0.00898. The van der Waals surface area contributed by atoms with Crippen LogP contribution < -0.4 is 0 Å². The molecule has 4 aliphatic heterocycles. The SMILES string of the molecule is CC[C@]12C=CCCOC(=O)[C@H]1[C@H]1C(=O)N(CCCCO)C3C(=O)N(C(C)(C)CC(C)(C)C)CC=C[C@@]31O2. The molecule has 4 aliphatic rings. The number of nitrogens with zero attached hydrogens (tertiary/aromatic N) is 2. The average molecular weight is 517 g/mol. The lowest BCUT2D eigenvalue weighted by Gasteiger charge is -2.45. The first kappa shape index (κ1) is 27.8. The van der Waals surface area contributed by atoms with Crippen LogP contribution in [0.2, 0.25) is 0 Å². The fourth-order valence-corrected chi connectivity index (χ4v) is 7.30. The van der Waals surface area contributed by atoms with Crippen LogP contribution in [0.1, 0.15) is 73.6 Å². The topological polar surface area (TPSA) is 96.4 Å². The van der Waals surface area contributed by atoms with Crippen molar-refractivity contribution in [3.05, 3.63) is 24.3 Å². The van der Waals surface area contributed by atoms with E-state index in [0.29, 0.717) is 38.8 Å². The molecule has 2 amide bonds. The van der Waals surface area contributed by atoms with Crippen LogP contribution in [0.5, 0.6) is 0 Å². The highest BCUT2D eigenvalue weighted by Gasteiger charge is 2.75. The van der Waals surface area contributed by atoms with Gasteiger partial charge in [-0.2, -0.15) is 0 Å². The Labute approximate surface area is 221 Å². The third-order valence-electron chi connectivity index (χ3n) is 8.40. The molecule has 1 spiro atoms. The van der Waals surface area contributed by atoms with E-state index in [1.165, 1.54) is 0 Å². The molecule has 2 fully saturated rings. The van der Waals surface area contributed by atoms with Gasteiger partial charge in [-0.25, -0.2) is 0 Å². The van der Waals surface area contributed by atoms with Crippen LogP contribution in [-0.2, 0) is 23.9 Å². The van der Waals surface area contributed by atoms with Crippen LogP contribution in [0, 0.1) is 17.3 Å². The second-order valence-corrected chi connectivity index (χ2v) is 12.8. The van der Waals surface area contributed by atoms with Crippen molar-refractivity contribution in [2.45, 2.75) is 96.4 Å². The number of carbonyl (C=O) groups is 3. The summed E-state index contributed by atoms with van der Waals surface area (Å²) in [5.74, 6) is -2.53. The summed E-state index contributed by atoms with van der Waals surface area (Å²) in [5, 5.41) is 9.38. The Morgan fingerprint density at radius 2 is 1.76 bits per heavy atom. The number of aliphatic hydroxyl groups is 1. The number of ether oxygens (including phenoxy) is 2. The van der Waals surface area contributed by atoms with Gasteiger partial charge in [0, 0.05) is 25.2 Å². The summed E-state index contributed by atoms with van der Waals surface area (Å²) >= 11 is 0. The van der Waals surface area contributed by atoms with Gasteiger partial charge >= 0.3 is 5.97 Å². The van der Waals surface area contributed by atoms with Crippen molar-refractivity contribution in [1.82, 2.24) is 9.80 Å². The fourth-order valence-electron chi connectivity index (χ4n) is 7.30. The molecule has 1 N–H and O–H groups in total. The van der Waals surface area contributed by atoms with Gasteiger partial charge in [0.15, 0.2) is 0 Å². The molecule has 0 radical (unpaired) electrons. The maximum absolute atomic E-state index is 14.5. The Morgan fingerprint density at radius 1 is 1.03 bits per heavy atom. The summed E-state index contributed by atoms with van der Waals surface area (Å²) in [4.78, 5) is 45.6. The Hall–Kier alpha value is -2.19. The first-order valence-corrected chi connectivity index (χ1v) is 13.8. The number of aliphatic hydroxyl groups excluding tert-OH is 1. The smallest absolute Gasteiger partial charge is 0.313 e. The number of likely N-dealkylation sites (tertiary alicyclic amines) is 1. The molecule has 2 saturated heterocycles. The Bertz CT molecular complexity index is 981. The molecule has 0 aromatic heterocycles. The fraction of sp³-hybridized carbons (Fsp3) is 0.759. The van der Waals surface area contributed by atoms with E-state index in [9.17, 15) is 19.5 Å². The minimum Gasteiger partial charge on any atom is -0.465 e. The quantitative estimate of drug-likeness (QED) is 0.317. The molecule has 8 nitrogen and oxygen atoms in total. The highest BCUT2D eigenvalue weighted by molar-refractivity contribution is 5.99. The summed E-state index contributed by atoms with van der Waals surface area (Å²) in [7, 11) is 0. The number of fused-ring (bicyclic) bond motifs is 2. The predicted molar refractivity (Wildman–Crippen MR) is 139 cm³/mol. The summed E-state index contributed by atoms with van der Waals surface area (Å²) in [6.45, 7) is 13.5. The molecule has 0 bridgehead atoms. The second kappa shape index (κ2) is 9.84. The zero-order chi connectivity index (χ0) is 27.2. The summed E-state index contributed by atoms with van der Waals surface area (Å²) in [5.41, 5.74) is -2.77. The number of amides is 2. The van der Waals surface area contributed by atoms with Gasteiger partial charge in [-0.05, 0) is 51.4 Å². The van der Waals surface area contributed by atoms with Crippen molar-refractivity contribution in [3.63, 3.8) is 0 Å². The highest BCUT2D eigenvalue weighted by Crippen LogP contribution is 2.58. The molecule has 37 heavy (non-hydrogen) atoms. The van der Waals surface area contributed by atoms with Gasteiger partial charge in [0.05, 0.1) is 12.5 Å². The van der Waals surface area contributed by atoms with E-state index in [1.54, 1.807) is 4.90 Å². The Morgan fingerprint density at radius 3 is 2.41 bits per heavy atom. The Balaban J connectivity index is 1.84. The van der Waals surface area contributed by atoms with Gasteiger partial charge in [-0.3, -0.25) is 14.4 Å². The van der Waals surface area contributed by atoms with Crippen molar-refractivity contribution in [3.8, 4) is 0 Å². The third-order valence-corrected chi connectivity index (χ3v) is 8.40. The van der Waals surface area contributed by atoms with Gasteiger partial charge in [0.1, 0.15) is 23.2 Å². The van der Waals surface area contributed by atoms with E-state index in [-0.39, 0.29) is 30.4 Å². The summed E-state index contributed by atoms with van der Waals surface area (Å²) in [6.07, 6.45) is 10.6. The number of esters is 1. The van der Waals surface area contributed by atoms with Crippen LogP contribution in [0.25, 0.3) is 0 Å². The third kappa shape index (κ3) is 4.65. The molecule has 4 heterocycles. The van der Waals surface area contributed by atoms with E-state index in [0.717, 1.165) is 6.42 Å². The zero-order valence-electron chi connectivity index (χ0n) is 23.3. The molecule has 206 valence electrons. The average Bonchev–Trinajstić information content (AvgIpc) is 3.12. The molecular weight excluding hydrogens is 472 g/mol. The van der Waals surface area contributed by atoms with Crippen molar-refractivity contribution in [1.29, 1.82) is 0 Å². The minimum atomic E-state index is -1.27. The standard InChI is InChI=1S/C29H44N2O6/c1-7-28-13-8-11-18-36-25(35)21(28)20-23(33)30(15-9-10-17-32)22-24(34)31(16-12-14-29(20,22)37-28)27(5,6)19-26(2,3)4/h8,12-14,20-22,32H,7,9-11,15-19H2,1-6H3/t20-,21+,22?,28-,29-/m0/s1. The lowest BCUT2D eigenvalue weighted by Crippen LogP contribution is -2.60. The van der Waals surface area contributed by atoms with E-state index in [2.05, 4.69) is 34.6 Å². The largest absolute Gasteiger partial charge is 0.465 e. The number of rotatable bonds is 7. The van der Waals surface area contributed by atoms with Gasteiger partial charge in [0.2, 0.25) is 11.8 Å². The van der Waals surface area contributed by atoms with Gasteiger partial charge in [-0.1, -0.05) is 52.0 Å². The maximum Gasteiger partial charge on any atom is 0.313 e. The van der Waals surface area contributed by atoms with Crippen LogP contribution in [0.15, 0.2) is 24.3 Å². The van der Waals surface area contributed by atoms with Crippen LogP contribution in [0.3, 0.4) is 0 Å². The van der Waals surface area contributed by atoms with Crippen molar-refractivity contribution >= 4 is 17.8 Å². The molecule has 0 aliphatic carbocycles. The first-order valence-electron chi connectivity index (χ1n) is 13.8. The van der Waals surface area contributed by atoms with Crippen LogP contribution in [0.4, 0.5) is 0 Å². The number of unbranched alkanes of at least 4 members (excludes halogenated alkanes) is 1. The van der Waals surface area contributed by atoms with E-state index >= 15 is 0 Å². The zero-order valence-corrected chi connectivity index (χ0v) is 23.3. The lowest BCUT2D eigenvalue weighted by molar-refractivity contribution is -0.163. The van der Waals surface area contributed by atoms with Gasteiger partial charge < -0.3 is 24.4 Å². The number of cyclic esters (lactones) is 1. The summed E-state index contributed by atoms with van der Waals surface area (Å²) in [6, 6.07) is -0.889. The van der Waals surface area contributed by atoms with E-state index < -0.39 is 40.6 Å². The molecule has 0 aromatic carbocycles. The predicted octanol–water partition coefficient (Wildman–Crippen LogP) is 3.24. The number of carbonyl (C=O) groups excluding carboxylic acids is 3. The molecule has 1 unspecified atom stereocenters. The summed E-state index contributed by atoms with van der Waals surface area (Å²) < 4.78 is 12.5. The monoisotopic (exact) mass is 516 g/mol. The Kier molecular flexibility index (Phi) is 7.40. The normalized spacial score (nSPS) is 34.0. The number of hydrogen-bond acceptors (Lipinski definition) is 6.